The molecule has 1 amide bonds. The fourth-order valence-corrected chi connectivity index (χ4v) is 4.07. The highest BCUT2D eigenvalue weighted by molar-refractivity contribution is 7.92. The average Bonchev–Trinajstić information content (AvgIpc) is 2.74. The van der Waals surface area contributed by atoms with Gasteiger partial charge in [-0.15, -0.1) is 0 Å². The van der Waals surface area contributed by atoms with Gasteiger partial charge in [0.2, 0.25) is 0 Å². The fourth-order valence-electron chi connectivity index (χ4n) is 3.01. The van der Waals surface area contributed by atoms with Crippen molar-refractivity contribution < 1.29 is 22.3 Å². The molecule has 2 aromatic carbocycles. The maximum absolute atomic E-state index is 13.8. The van der Waals surface area contributed by atoms with Crippen LogP contribution < -0.4 is 9.46 Å². The number of rotatable bonds is 4. The maximum atomic E-state index is 13.8. The van der Waals surface area contributed by atoms with Crippen molar-refractivity contribution >= 4 is 21.6 Å². The summed E-state index contributed by atoms with van der Waals surface area (Å²) in [5.41, 5.74) is 1.38. The van der Waals surface area contributed by atoms with Crippen molar-refractivity contribution in [1.29, 1.82) is 0 Å². The van der Waals surface area contributed by atoms with Crippen LogP contribution in [-0.4, -0.2) is 31.4 Å². The first-order valence-electron chi connectivity index (χ1n) is 8.97. The summed E-state index contributed by atoms with van der Waals surface area (Å²) in [6, 6.07) is 8.57. The van der Waals surface area contributed by atoms with E-state index in [0.717, 1.165) is 6.07 Å². The maximum Gasteiger partial charge on any atom is 0.263 e. The highest BCUT2D eigenvalue weighted by Crippen LogP contribution is 2.30. The van der Waals surface area contributed by atoms with Crippen LogP contribution in [-0.2, 0) is 21.4 Å². The van der Waals surface area contributed by atoms with Gasteiger partial charge in [0.15, 0.2) is 6.10 Å². The second kappa shape index (κ2) is 7.43. The van der Waals surface area contributed by atoms with E-state index in [-0.39, 0.29) is 16.8 Å². The number of carbonyl (C=O) groups is 1. The lowest BCUT2D eigenvalue weighted by Crippen LogP contribution is -2.41. The number of hydrogen-bond donors (Lipinski definition) is 1. The van der Waals surface area contributed by atoms with E-state index in [2.05, 4.69) is 4.72 Å². The van der Waals surface area contributed by atoms with Gasteiger partial charge < -0.3 is 9.64 Å². The van der Waals surface area contributed by atoms with E-state index in [1.54, 1.807) is 36.9 Å². The van der Waals surface area contributed by atoms with Crippen LogP contribution in [0.15, 0.2) is 41.3 Å². The minimum atomic E-state index is -3.95. The van der Waals surface area contributed by atoms with Gasteiger partial charge in [0.25, 0.3) is 15.9 Å². The molecule has 150 valence electrons. The monoisotopic (exact) mass is 406 g/mol. The molecule has 1 heterocycles. The Bertz CT molecular complexity index is 1020. The fraction of sp³-hybridized carbons (Fsp3) is 0.350. The second-order valence-corrected chi connectivity index (χ2v) is 8.84. The van der Waals surface area contributed by atoms with Gasteiger partial charge in [0.05, 0.1) is 4.90 Å². The lowest BCUT2D eigenvalue weighted by molar-refractivity contribution is -0.139. The van der Waals surface area contributed by atoms with Crippen molar-refractivity contribution in [2.75, 3.05) is 4.72 Å². The van der Waals surface area contributed by atoms with Gasteiger partial charge in [-0.3, -0.25) is 9.52 Å². The summed E-state index contributed by atoms with van der Waals surface area (Å²) >= 11 is 0. The second-order valence-electron chi connectivity index (χ2n) is 7.16. The number of amides is 1. The Labute approximate surface area is 164 Å². The number of ether oxygens (including phenoxy) is 1. The molecule has 6 nitrogen and oxygen atoms in total. The van der Waals surface area contributed by atoms with Gasteiger partial charge in [0, 0.05) is 23.8 Å². The van der Waals surface area contributed by atoms with E-state index in [4.69, 9.17) is 4.74 Å². The van der Waals surface area contributed by atoms with Crippen molar-refractivity contribution in [3.05, 3.63) is 53.3 Å². The summed E-state index contributed by atoms with van der Waals surface area (Å²) in [7, 11) is -3.95. The molecule has 1 N–H and O–H groups in total. The Balaban J connectivity index is 1.92. The molecule has 8 heteroatoms. The third-order valence-corrected chi connectivity index (χ3v) is 6.04. The molecule has 3 rings (SSSR count). The van der Waals surface area contributed by atoms with Crippen LogP contribution in [0.1, 0.15) is 31.9 Å². The van der Waals surface area contributed by atoms with Crippen molar-refractivity contribution in [3.8, 4) is 5.75 Å². The molecule has 0 aliphatic carbocycles. The van der Waals surface area contributed by atoms with E-state index in [1.165, 1.54) is 12.1 Å². The molecule has 0 saturated heterocycles. The number of sulfonamides is 1. The zero-order chi connectivity index (χ0) is 20.6. The number of fused-ring (bicyclic) bond motifs is 1. The first-order chi connectivity index (χ1) is 13.1. The molecule has 0 spiro atoms. The molecule has 0 unspecified atom stereocenters. The largest absolute Gasteiger partial charge is 0.481 e. The van der Waals surface area contributed by atoms with E-state index < -0.39 is 21.9 Å². The predicted molar refractivity (Wildman–Crippen MR) is 104 cm³/mol. The number of hydrogen-bond acceptors (Lipinski definition) is 4. The third kappa shape index (κ3) is 3.96. The summed E-state index contributed by atoms with van der Waals surface area (Å²) in [5, 5.41) is 0. The van der Waals surface area contributed by atoms with Crippen LogP contribution in [0.4, 0.5) is 10.1 Å². The quantitative estimate of drug-likeness (QED) is 0.844. The van der Waals surface area contributed by atoms with Gasteiger partial charge in [-0.05, 0) is 63.6 Å². The van der Waals surface area contributed by atoms with Crippen molar-refractivity contribution in [2.45, 2.75) is 51.3 Å². The molecule has 28 heavy (non-hydrogen) atoms. The lowest BCUT2D eigenvalue weighted by Gasteiger charge is -2.26. The SMILES string of the molecule is Cc1ccc(S(=O)(=O)Nc2ccc3c(c2)CN(C(C)C)C(=O)[C@H](C)O3)cc1F. The zero-order valence-electron chi connectivity index (χ0n) is 16.2. The van der Waals surface area contributed by atoms with Crippen LogP contribution in [0.3, 0.4) is 0 Å². The topological polar surface area (TPSA) is 75.7 Å². The smallest absolute Gasteiger partial charge is 0.263 e. The molecule has 1 aliphatic rings. The van der Waals surface area contributed by atoms with Crippen LogP contribution in [0.2, 0.25) is 0 Å². The van der Waals surface area contributed by atoms with Crippen LogP contribution in [0, 0.1) is 12.7 Å². The lowest BCUT2D eigenvalue weighted by atomic mass is 10.1. The van der Waals surface area contributed by atoms with Crippen molar-refractivity contribution in [3.63, 3.8) is 0 Å². The van der Waals surface area contributed by atoms with Gasteiger partial charge in [-0.25, -0.2) is 12.8 Å². The van der Waals surface area contributed by atoms with Gasteiger partial charge in [0.1, 0.15) is 11.6 Å². The highest BCUT2D eigenvalue weighted by atomic mass is 32.2. The first kappa shape index (κ1) is 20.1. The summed E-state index contributed by atoms with van der Waals surface area (Å²) in [6.07, 6.45) is -0.623. The highest BCUT2D eigenvalue weighted by Gasteiger charge is 2.29. The van der Waals surface area contributed by atoms with Gasteiger partial charge >= 0.3 is 0 Å². The van der Waals surface area contributed by atoms with E-state index in [0.29, 0.717) is 29.1 Å². The number of benzene rings is 2. The summed E-state index contributed by atoms with van der Waals surface area (Å²) in [4.78, 5) is 14.0. The number of nitrogens with zero attached hydrogens (tertiary/aromatic N) is 1. The van der Waals surface area contributed by atoms with E-state index in [1.807, 2.05) is 13.8 Å². The van der Waals surface area contributed by atoms with Gasteiger partial charge in [-0.2, -0.15) is 0 Å². The summed E-state index contributed by atoms with van der Waals surface area (Å²) in [6.45, 7) is 7.39. The number of aryl methyl sites for hydroxylation is 1. The van der Waals surface area contributed by atoms with Gasteiger partial charge in [-0.1, -0.05) is 6.07 Å². The van der Waals surface area contributed by atoms with Crippen molar-refractivity contribution in [1.82, 2.24) is 4.90 Å². The molecule has 1 aliphatic heterocycles. The molecule has 0 bridgehead atoms. The molecule has 2 aromatic rings. The van der Waals surface area contributed by atoms with E-state index in [9.17, 15) is 17.6 Å². The molecular weight excluding hydrogens is 383 g/mol. The Morgan fingerprint density at radius 2 is 1.93 bits per heavy atom. The molecule has 1 atom stereocenters. The van der Waals surface area contributed by atoms with Crippen LogP contribution >= 0.6 is 0 Å². The molecule has 0 saturated carbocycles. The number of halogens is 1. The summed E-state index contributed by atoms with van der Waals surface area (Å²) < 4.78 is 47.2. The molecule has 0 radical (unpaired) electrons. The Hall–Kier alpha value is -2.61. The van der Waals surface area contributed by atoms with E-state index >= 15 is 0 Å². The minimum Gasteiger partial charge on any atom is -0.481 e. The first-order valence-corrected chi connectivity index (χ1v) is 10.5. The zero-order valence-corrected chi connectivity index (χ0v) is 17.0. The Kier molecular flexibility index (Phi) is 5.34. The third-order valence-electron chi connectivity index (χ3n) is 4.66. The minimum absolute atomic E-state index is 0.0274. The molecular formula is C20H23FN2O4S. The number of anilines is 1. The predicted octanol–water partition coefficient (Wildman–Crippen LogP) is 3.45. The molecule has 0 aromatic heterocycles. The summed E-state index contributed by atoms with van der Waals surface area (Å²) in [5.74, 6) is -0.171. The number of nitrogens with one attached hydrogen (secondary N) is 1. The molecule has 0 fully saturated rings. The van der Waals surface area contributed by atoms with Crippen LogP contribution in [0.25, 0.3) is 0 Å². The average molecular weight is 406 g/mol. The standard InChI is InChI=1S/C20H23FN2O4S/c1-12(2)23-11-15-9-16(6-8-19(15)27-14(4)20(23)24)22-28(25,26)17-7-5-13(3)18(21)10-17/h5-10,12,14,22H,11H2,1-4H3/t14-/m0/s1. The van der Waals surface area contributed by atoms with Crippen LogP contribution in [0.5, 0.6) is 5.75 Å². The number of carbonyl (C=O) groups excluding carboxylic acids is 1. The normalized spacial score (nSPS) is 17.1. The van der Waals surface area contributed by atoms with Crippen molar-refractivity contribution in [2.24, 2.45) is 0 Å². The Morgan fingerprint density at radius 3 is 2.57 bits per heavy atom. The Morgan fingerprint density at radius 1 is 1.21 bits per heavy atom.